The van der Waals surface area contributed by atoms with Gasteiger partial charge in [-0.25, -0.2) is 8.42 Å². The summed E-state index contributed by atoms with van der Waals surface area (Å²) in [5.41, 5.74) is 4.28. The predicted molar refractivity (Wildman–Crippen MR) is 110 cm³/mol. The average Bonchev–Trinajstić information content (AvgIpc) is 2.99. The first kappa shape index (κ1) is 20.3. The molecule has 5 nitrogen and oxygen atoms in total. The summed E-state index contributed by atoms with van der Waals surface area (Å²) in [5, 5.41) is 9.09. The van der Waals surface area contributed by atoms with Crippen molar-refractivity contribution < 1.29 is 18.3 Å². The van der Waals surface area contributed by atoms with Crippen LogP contribution in [0.1, 0.15) is 30.0 Å². The molecule has 0 bridgehead atoms. The Morgan fingerprint density at radius 3 is 2.14 bits per heavy atom. The van der Waals surface area contributed by atoms with Gasteiger partial charge in [0.15, 0.2) is 9.84 Å². The molecule has 1 heterocycles. The first-order valence-electron chi connectivity index (χ1n) is 9.38. The zero-order chi connectivity index (χ0) is 20.3. The molecule has 0 aromatic heterocycles. The number of amides is 1. The monoisotopic (exact) mass is 399 g/mol. The first-order chi connectivity index (χ1) is 13.3. The van der Waals surface area contributed by atoms with E-state index in [1.54, 1.807) is 24.3 Å². The maximum atomic E-state index is 13.0. The van der Waals surface area contributed by atoms with Gasteiger partial charge in [-0.05, 0) is 47.2 Å². The summed E-state index contributed by atoms with van der Waals surface area (Å²) in [7, 11) is -3.26. The van der Waals surface area contributed by atoms with E-state index >= 15 is 0 Å². The van der Waals surface area contributed by atoms with E-state index in [-0.39, 0.29) is 17.4 Å². The van der Waals surface area contributed by atoms with Gasteiger partial charge in [0.05, 0.1) is 10.5 Å². The van der Waals surface area contributed by atoms with Gasteiger partial charge in [0, 0.05) is 26.0 Å². The molecule has 0 fully saturated rings. The van der Waals surface area contributed by atoms with E-state index in [2.05, 4.69) is 0 Å². The molecule has 0 unspecified atom stereocenters. The van der Waals surface area contributed by atoms with E-state index in [0.717, 1.165) is 28.7 Å². The number of sulfone groups is 1. The lowest BCUT2D eigenvalue weighted by molar-refractivity contribution is -0.123. The number of carbonyl (C=O) groups excluding carboxylic acids is 1. The zero-order valence-corrected chi connectivity index (χ0v) is 17.0. The molecule has 28 heavy (non-hydrogen) atoms. The fourth-order valence-corrected chi connectivity index (χ4v) is 4.11. The van der Waals surface area contributed by atoms with Gasteiger partial charge in [-0.3, -0.25) is 4.79 Å². The Balaban J connectivity index is 2.05. The largest absolute Gasteiger partial charge is 0.396 e. The van der Waals surface area contributed by atoms with Gasteiger partial charge in [0.25, 0.3) is 5.91 Å². The molecule has 2 aromatic rings. The number of hydrogen-bond donors (Lipinski definition) is 1. The Labute approximate surface area is 166 Å². The van der Waals surface area contributed by atoms with Crippen LogP contribution < -0.4 is 0 Å². The normalized spacial score (nSPS) is 14.8. The minimum Gasteiger partial charge on any atom is -0.396 e. The molecule has 148 valence electrons. The van der Waals surface area contributed by atoms with Crippen LogP contribution in [-0.2, 0) is 21.1 Å². The molecular formula is C22H25NO4S. The summed E-state index contributed by atoms with van der Waals surface area (Å²) in [6.07, 6.45) is 2.63. The van der Waals surface area contributed by atoms with Gasteiger partial charge in [-0.15, -0.1) is 0 Å². The maximum Gasteiger partial charge on any atom is 0.255 e. The van der Waals surface area contributed by atoms with Crippen molar-refractivity contribution in [2.45, 2.75) is 24.7 Å². The third-order valence-electron chi connectivity index (χ3n) is 4.92. The predicted octanol–water partition coefficient (Wildman–Crippen LogP) is 2.79. The summed E-state index contributed by atoms with van der Waals surface area (Å²) in [4.78, 5) is 15.1. The summed E-state index contributed by atoms with van der Waals surface area (Å²) in [6.45, 7) is 3.31. The van der Waals surface area contributed by atoms with Gasteiger partial charge in [-0.2, -0.15) is 0 Å². The van der Waals surface area contributed by atoms with Crippen LogP contribution in [0.5, 0.6) is 0 Å². The van der Waals surface area contributed by atoms with E-state index in [1.165, 1.54) is 6.26 Å². The van der Waals surface area contributed by atoms with Crippen LogP contribution in [0.25, 0.3) is 11.1 Å². The lowest BCUT2D eigenvalue weighted by atomic mass is 9.96. The third-order valence-corrected chi connectivity index (χ3v) is 6.05. The number of aliphatic hydroxyl groups excluding tert-OH is 1. The molecule has 0 aliphatic carbocycles. The van der Waals surface area contributed by atoms with Crippen LogP contribution in [0.3, 0.4) is 0 Å². The number of rotatable bonds is 7. The summed E-state index contributed by atoms with van der Waals surface area (Å²) in [5.74, 6) is -0.000974. The highest BCUT2D eigenvalue weighted by atomic mass is 32.2. The molecule has 0 saturated heterocycles. The highest BCUT2D eigenvalue weighted by Crippen LogP contribution is 2.35. The Kier molecular flexibility index (Phi) is 6.01. The number of aliphatic hydroxyl groups is 1. The Morgan fingerprint density at radius 1 is 1.00 bits per heavy atom. The molecule has 1 aliphatic rings. The zero-order valence-electron chi connectivity index (χ0n) is 16.2. The summed E-state index contributed by atoms with van der Waals surface area (Å²) < 4.78 is 23.5. The second-order valence-corrected chi connectivity index (χ2v) is 9.06. The number of carbonyl (C=O) groups is 1. The fourth-order valence-electron chi connectivity index (χ4n) is 3.48. The van der Waals surface area contributed by atoms with Crippen LogP contribution in [0, 0.1) is 0 Å². The molecular weight excluding hydrogens is 374 g/mol. The van der Waals surface area contributed by atoms with Gasteiger partial charge in [-0.1, -0.05) is 43.3 Å². The van der Waals surface area contributed by atoms with E-state index in [0.29, 0.717) is 25.1 Å². The summed E-state index contributed by atoms with van der Waals surface area (Å²) >= 11 is 0. The summed E-state index contributed by atoms with van der Waals surface area (Å²) in [6, 6.07) is 14.4. The molecule has 3 rings (SSSR count). The minimum absolute atomic E-state index is 0.000974. The van der Waals surface area contributed by atoms with E-state index in [4.69, 9.17) is 5.11 Å². The van der Waals surface area contributed by atoms with Crippen LogP contribution >= 0.6 is 0 Å². The lowest BCUT2D eigenvalue weighted by Gasteiger charge is -2.15. The van der Waals surface area contributed by atoms with E-state index < -0.39 is 9.84 Å². The topological polar surface area (TPSA) is 74.7 Å². The second-order valence-electron chi connectivity index (χ2n) is 7.05. The number of nitrogens with zero attached hydrogens (tertiary/aromatic N) is 1. The molecule has 0 atom stereocenters. The van der Waals surface area contributed by atoms with Crippen molar-refractivity contribution in [3.63, 3.8) is 0 Å². The molecule has 0 radical (unpaired) electrons. The minimum atomic E-state index is -3.26. The van der Waals surface area contributed by atoms with Gasteiger partial charge >= 0.3 is 0 Å². The highest BCUT2D eigenvalue weighted by molar-refractivity contribution is 7.90. The quantitative estimate of drug-likeness (QED) is 0.777. The first-order valence-corrected chi connectivity index (χ1v) is 11.3. The van der Waals surface area contributed by atoms with Gasteiger partial charge < -0.3 is 10.0 Å². The van der Waals surface area contributed by atoms with E-state index in [1.807, 2.05) is 36.1 Å². The van der Waals surface area contributed by atoms with E-state index in [9.17, 15) is 13.2 Å². The van der Waals surface area contributed by atoms with Crippen LogP contribution in [-0.4, -0.2) is 50.3 Å². The molecule has 1 amide bonds. The third kappa shape index (κ3) is 4.18. The molecule has 0 spiro atoms. The Morgan fingerprint density at radius 2 is 1.61 bits per heavy atom. The fraction of sp³-hybridized carbons (Fsp3) is 0.318. The van der Waals surface area contributed by atoms with Crippen LogP contribution in [0.4, 0.5) is 0 Å². The van der Waals surface area contributed by atoms with Crippen molar-refractivity contribution >= 4 is 26.9 Å². The van der Waals surface area contributed by atoms with Crippen molar-refractivity contribution in [1.82, 2.24) is 4.90 Å². The molecule has 6 heteroatoms. The van der Waals surface area contributed by atoms with Crippen molar-refractivity contribution in [2.24, 2.45) is 0 Å². The SMILES string of the molecule is CCCN1CC(c2ccc(S(C)(=O)=O)cc2)=C(c2ccc(CCO)cc2)C1=O. The average molecular weight is 400 g/mol. The maximum absolute atomic E-state index is 13.0. The standard InChI is InChI=1S/C22H25NO4S/c1-3-13-23-15-20(17-8-10-19(11-9-17)28(2,26)27)21(22(23)25)18-6-4-16(5-7-18)12-14-24/h4-11,24H,3,12-15H2,1-2H3. The Bertz CT molecular complexity index is 990. The van der Waals surface area contributed by atoms with Crippen molar-refractivity contribution in [2.75, 3.05) is 26.0 Å². The van der Waals surface area contributed by atoms with Crippen molar-refractivity contribution in [1.29, 1.82) is 0 Å². The molecule has 0 saturated carbocycles. The molecule has 1 N–H and O–H groups in total. The second kappa shape index (κ2) is 8.29. The molecule has 1 aliphatic heterocycles. The lowest BCUT2D eigenvalue weighted by Crippen LogP contribution is -2.27. The van der Waals surface area contributed by atoms with Crippen LogP contribution in [0.2, 0.25) is 0 Å². The molecule has 2 aromatic carbocycles. The Hall–Kier alpha value is -2.44. The van der Waals surface area contributed by atoms with Crippen molar-refractivity contribution in [3.05, 3.63) is 65.2 Å². The highest BCUT2D eigenvalue weighted by Gasteiger charge is 2.31. The van der Waals surface area contributed by atoms with Crippen LogP contribution in [0.15, 0.2) is 53.4 Å². The van der Waals surface area contributed by atoms with Crippen molar-refractivity contribution in [3.8, 4) is 0 Å². The van der Waals surface area contributed by atoms with Gasteiger partial charge in [0.2, 0.25) is 0 Å². The van der Waals surface area contributed by atoms with Gasteiger partial charge in [0.1, 0.15) is 0 Å². The number of benzene rings is 2. The number of hydrogen-bond acceptors (Lipinski definition) is 4. The smallest absolute Gasteiger partial charge is 0.255 e.